The van der Waals surface area contributed by atoms with Gasteiger partial charge in [0.15, 0.2) is 11.0 Å². The normalized spacial score (nSPS) is 14.8. The molecule has 2 aromatic heterocycles. The lowest BCUT2D eigenvalue weighted by Crippen LogP contribution is -2.19. The number of anilines is 1. The summed E-state index contributed by atoms with van der Waals surface area (Å²) >= 11 is 1.70. The molecule has 1 aliphatic carbocycles. The molecule has 0 amide bonds. The van der Waals surface area contributed by atoms with Gasteiger partial charge in [-0.05, 0) is 29.7 Å². The molecule has 2 aromatic rings. The van der Waals surface area contributed by atoms with Gasteiger partial charge in [-0.1, -0.05) is 6.92 Å². The van der Waals surface area contributed by atoms with Crippen LogP contribution < -0.4 is 4.90 Å². The van der Waals surface area contributed by atoms with Gasteiger partial charge in [0.1, 0.15) is 0 Å². The van der Waals surface area contributed by atoms with E-state index in [1.54, 1.807) is 11.3 Å². The van der Waals surface area contributed by atoms with E-state index in [4.69, 9.17) is 0 Å². The van der Waals surface area contributed by atoms with Gasteiger partial charge >= 0.3 is 0 Å². The summed E-state index contributed by atoms with van der Waals surface area (Å²) in [7, 11) is 2.12. The van der Waals surface area contributed by atoms with Crippen molar-refractivity contribution in [1.29, 1.82) is 0 Å². The van der Waals surface area contributed by atoms with Crippen LogP contribution >= 0.6 is 11.3 Å². The third kappa shape index (κ3) is 2.75. The van der Waals surface area contributed by atoms with Gasteiger partial charge in [-0.25, -0.2) is 9.67 Å². The minimum atomic E-state index is 0.664. The molecule has 102 valence electrons. The van der Waals surface area contributed by atoms with Crippen LogP contribution in [-0.2, 0) is 13.0 Å². The number of aromatic nitrogens is 5. The molecule has 0 aromatic carbocycles. The number of nitrogens with zero attached hydrogens (tertiary/aromatic N) is 6. The molecule has 1 saturated carbocycles. The Morgan fingerprint density at radius 3 is 3.05 bits per heavy atom. The van der Waals surface area contributed by atoms with E-state index in [2.05, 4.69) is 44.8 Å². The summed E-state index contributed by atoms with van der Waals surface area (Å²) in [5, 5.41) is 15.0. The van der Waals surface area contributed by atoms with Crippen molar-refractivity contribution in [3.05, 3.63) is 16.9 Å². The first-order valence-corrected chi connectivity index (χ1v) is 7.58. The zero-order valence-corrected chi connectivity index (χ0v) is 12.1. The lowest BCUT2D eigenvalue weighted by Gasteiger charge is -2.13. The summed E-state index contributed by atoms with van der Waals surface area (Å²) in [4.78, 5) is 6.95. The number of hydrogen-bond donors (Lipinski definition) is 0. The van der Waals surface area contributed by atoms with Crippen LogP contribution in [0.15, 0.2) is 5.38 Å². The lowest BCUT2D eigenvalue weighted by molar-refractivity contribution is 0.605. The maximum absolute atomic E-state index is 4.68. The Balaban J connectivity index is 1.70. The minimum absolute atomic E-state index is 0.664. The fourth-order valence-corrected chi connectivity index (χ4v) is 2.91. The molecule has 7 heteroatoms. The highest BCUT2D eigenvalue weighted by Gasteiger charge is 2.28. The van der Waals surface area contributed by atoms with Crippen LogP contribution in [0.5, 0.6) is 0 Å². The maximum atomic E-state index is 4.68. The number of aryl methyl sites for hydroxylation is 1. The molecule has 1 fully saturated rings. The van der Waals surface area contributed by atoms with E-state index in [1.807, 2.05) is 4.68 Å². The lowest BCUT2D eigenvalue weighted by atomic mass is 10.3. The molecule has 0 bridgehead atoms. The molecule has 0 atom stereocenters. The number of thiazole rings is 1. The topological polar surface area (TPSA) is 59.7 Å². The van der Waals surface area contributed by atoms with E-state index in [1.165, 1.54) is 12.8 Å². The van der Waals surface area contributed by atoms with E-state index in [9.17, 15) is 0 Å². The first kappa shape index (κ1) is 12.5. The highest BCUT2D eigenvalue weighted by Crippen LogP contribution is 2.31. The number of tetrazole rings is 1. The fraction of sp³-hybridized carbons (Fsp3) is 0.667. The monoisotopic (exact) mass is 278 g/mol. The summed E-state index contributed by atoms with van der Waals surface area (Å²) < 4.78 is 1.85. The van der Waals surface area contributed by atoms with E-state index in [0.717, 1.165) is 29.5 Å². The van der Waals surface area contributed by atoms with Crippen molar-refractivity contribution in [2.45, 2.75) is 45.2 Å². The second-order valence-electron chi connectivity index (χ2n) is 4.97. The molecule has 6 nitrogen and oxygen atoms in total. The third-order valence-corrected chi connectivity index (χ3v) is 4.31. The van der Waals surface area contributed by atoms with Gasteiger partial charge in [-0.15, -0.1) is 16.4 Å². The van der Waals surface area contributed by atoms with Crippen molar-refractivity contribution >= 4 is 16.5 Å². The number of hydrogen-bond acceptors (Lipinski definition) is 6. The SMILES string of the molecule is CCCc1nnnn1Cc1csc(N(C)C2CC2)n1. The van der Waals surface area contributed by atoms with Crippen LogP contribution in [0.3, 0.4) is 0 Å². The standard InChI is InChI=1S/C12H18N6S/c1-3-4-11-14-15-16-18(11)7-9-8-19-12(13-9)17(2)10-5-6-10/h8,10H,3-7H2,1-2H3. The van der Waals surface area contributed by atoms with Crippen LogP contribution in [0, 0.1) is 0 Å². The van der Waals surface area contributed by atoms with Gasteiger partial charge in [0.25, 0.3) is 0 Å². The molecule has 0 unspecified atom stereocenters. The Labute approximate surface area is 116 Å². The Morgan fingerprint density at radius 1 is 1.47 bits per heavy atom. The summed E-state index contributed by atoms with van der Waals surface area (Å²) in [5.74, 6) is 0.938. The van der Waals surface area contributed by atoms with Crippen LogP contribution in [0.2, 0.25) is 0 Å². The maximum Gasteiger partial charge on any atom is 0.185 e. The van der Waals surface area contributed by atoms with E-state index >= 15 is 0 Å². The molecular weight excluding hydrogens is 260 g/mol. The van der Waals surface area contributed by atoms with E-state index in [0.29, 0.717) is 12.6 Å². The smallest absolute Gasteiger partial charge is 0.185 e. The molecule has 1 aliphatic rings. The fourth-order valence-electron chi connectivity index (χ4n) is 2.05. The van der Waals surface area contributed by atoms with Crippen LogP contribution in [0.1, 0.15) is 37.7 Å². The van der Waals surface area contributed by atoms with Gasteiger partial charge in [0.2, 0.25) is 0 Å². The van der Waals surface area contributed by atoms with Gasteiger partial charge in [-0.3, -0.25) is 0 Å². The first-order chi connectivity index (χ1) is 9.28. The van der Waals surface area contributed by atoms with Gasteiger partial charge < -0.3 is 4.90 Å². The molecule has 0 spiro atoms. The summed E-state index contributed by atoms with van der Waals surface area (Å²) in [5.41, 5.74) is 1.04. The second-order valence-corrected chi connectivity index (χ2v) is 5.80. The Kier molecular flexibility index (Phi) is 3.46. The highest BCUT2D eigenvalue weighted by atomic mass is 32.1. The predicted molar refractivity (Wildman–Crippen MR) is 74.5 cm³/mol. The van der Waals surface area contributed by atoms with Crippen LogP contribution in [-0.4, -0.2) is 38.3 Å². The average molecular weight is 278 g/mol. The minimum Gasteiger partial charge on any atom is -0.348 e. The van der Waals surface area contributed by atoms with Gasteiger partial charge in [-0.2, -0.15) is 0 Å². The second kappa shape index (κ2) is 5.24. The van der Waals surface area contributed by atoms with Crippen molar-refractivity contribution in [1.82, 2.24) is 25.2 Å². The molecule has 19 heavy (non-hydrogen) atoms. The summed E-state index contributed by atoms with van der Waals surface area (Å²) in [6.45, 7) is 2.79. The molecule has 0 radical (unpaired) electrons. The summed E-state index contributed by atoms with van der Waals surface area (Å²) in [6, 6.07) is 0.697. The quantitative estimate of drug-likeness (QED) is 0.805. The molecule has 3 rings (SSSR count). The molecular formula is C12H18N6S. The van der Waals surface area contributed by atoms with Crippen molar-refractivity contribution in [3.63, 3.8) is 0 Å². The molecule has 2 heterocycles. The molecule has 0 N–H and O–H groups in total. The first-order valence-electron chi connectivity index (χ1n) is 6.70. The average Bonchev–Trinajstić information content (AvgIpc) is 3.01. The Morgan fingerprint density at radius 2 is 2.32 bits per heavy atom. The van der Waals surface area contributed by atoms with E-state index in [-0.39, 0.29) is 0 Å². The van der Waals surface area contributed by atoms with Crippen LogP contribution in [0.25, 0.3) is 0 Å². The van der Waals surface area contributed by atoms with Gasteiger partial charge in [0, 0.05) is 24.9 Å². The number of rotatable bonds is 6. The molecule has 0 saturated heterocycles. The largest absolute Gasteiger partial charge is 0.348 e. The van der Waals surface area contributed by atoms with Crippen molar-refractivity contribution in [2.24, 2.45) is 0 Å². The van der Waals surface area contributed by atoms with Crippen molar-refractivity contribution < 1.29 is 0 Å². The zero-order valence-electron chi connectivity index (χ0n) is 11.3. The van der Waals surface area contributed by atoms with Crippen molar-refractivity contribution in [2.75, 3.05) is 11.9 Å². The van der Waals surface area contributed by atoms with Gasteiger partial charge in [0.05, 0.1) is 12.2 Å². The highest BCUT2D eigenvalue weighted by molar-refractivity contribution is 7.13. The predicted octanol–water partition coefficient (Wildman–Crippen LogP) is 1.73. The van der Waals surface area contributed by atoms with Crippen molar-refractivity contribution in [3.8, 4) is 0 Å². The summed E-state index contributed by atoms with van der Waals surface area (Å²) in [6.07, 6.45) is 4.54. The molecule has 0 aliphatic heterocycles. The Bertz CT molecular complexity index is 544. The Hall–Kier alpha value is -1.50. The zero-order chi connectivity index (χ0) is 13.2. The van der Waals surface area contributed by atoms with Crippen LogP contribution in [0.4, 0.5) is 5.13 Å². The van der Waals surface area contributed by atoms with E-state index < -0.39 is 0 Å². The third-order valence-electron chi connectivity index (χ3n) is 3.33.